The number of rotatable bonds is 5. The smallest absolute Gasteiger partial charge is 0.270 e. The molecule has 0 saturated heterocycles. The highest BCUT2D eigenvalue weighted by Gasteiger charge is 2.12. The van der Waals surface area contributed by atoms with E-state index < -0.39 is 0 Å². The Labute approximate surface area is 166 Å². The first-order chi connectivity index (χ1) is 12.5. The summed E-state index contributed by atoms with van der Waals surface area (Å²) in [4.78, 5) is 20.5. The maximum atomic E-state index is 12.3. The zero-order chi connectivity index (χ0) is 18.5. The van der Waals surface area contributed by atoms with Crippen molar-refractivity contribution in [1.82, 2.24) is 15.4 Å². The molecule has 2 aromatic carbocycles. The Hall–Kier alpha value is -2.65. The van der Waals surface area contributed by atoms with Gasteiger partial charge in [-0.15, -0.1) is 0 Å². The van der Waals surface area contributed by atoms with Crippen LogP contribution in [0.25, 0.3) is 0 Å². The largest absolute Gasteiger partial charge is 0.393 e. The molecular formula is C17H14Br2N6O. The molecule has 5 N–H and O–H groups in total. The summed E-state index contributed by atoms with van der Waals surface area (Å²) in [7, 11) is 0. The Balaban J connectivity index is 1.73. The number of halogens is 2. The minimum atomic E-state index is -0.322. The summed E-state index contributed by atoms with van der Waals surface area (Å²) >= 11 is 6.75. The normalized spacial score (nSPS) is 10.2. The van der Waals surface area contributed by atoms with Crippen LogP contribution in [-0.2, 0) is 0 Å². The van der Waals surface area contributed by atoms with Gasteiger partial charge in [-0.3, -0.25) is 15.6 Å². The molecule has 26 heavy (non-hydrogen) atoms. The van der Waals surface area contributed by atoms with Gasteiger partial charge in [0.15, 0.2) is 11.6 Å². The van der Waals surface area contributed by atoms with E-state index in [2.05, 4.69) is 58.0 Å². The first-order valence-electron chi connectivity index (χ1n) is 7.48. The highest BCUT2D eigenvalue weighted by Crippen LogP contribution is 2.26. The van der Waals surface area contributed by atoms with Crippen LogP contribution in [0, 0.1) is 0 Å². The molecule has 9 heteroatoms. The molecule has 3 aromatic rings. The van der Waals surface area contributed by atoms with Crippen LogP contribution in [0.5, 0.6) is 0 Å². The van der Waals surface area contributed by atoms with Gasteiger partial charge < -0.3 is 11.1 Å². The second-order valence-electron chi connectivity index (χ2n) is 5.18. The zero-order valence-electron chi connectivity index (χ0n) is 13.3. The second kappa shape index (κ2) is 8.15. The maximum Gasteiger partial charge on any atom is 0.270 e. The summed E-state index contributed by atoms with van der Waals surface area (Å²) < 4.78 is 1.61. The molecule has 0 bridgehead atoms. The van der Waals surface area contributed by atoms with Gasteiger partial charge >= 0.3 is 0 Å². The minimum Gasteiger partial charge on any atom is -0.393 e. The van der Waals surface area contributed by atoms with Crippen LogP contribution in [0.3, 0.4) is 0 Å². The number of amides is 1. The summed E-state index contributed by atoms with van der Waals surface area (Å²) in [6.07, 6.45) is 1.35. The van der Waals surface area contributed by atoms with E-state index in [1.807, 2.05) is 30.3 Å². The van der Waals surface area contributed by atoms with Crippen LogP contribution in [0.1, 0.15) is 10.4 Å². The topological polar surface area (TPSA) is 105 Å². The molecule has 0 aliphatic rings. The predicted molar refractivity (Wildman–Crippen MR) is 109 cm³/mol. The number of nitrogens with one attached hydrogen (secondary N) is 3. The van der Waals surface area contributed by atoms with Gasteiger partial charge in [0.2, 0.25) is 0 Å². The molecule has 0 unspecified atom stereocenters. The van der Waals surface area contributed by atoms with Crippen LogP contribution < -0.4 is 21.9 Å². The molecule has 0 aliphatic carbocycles. The Morgan fingerprint density at radius 2 is 1.77 bits per heavy atom. The molecule has 0 spiro atoms. The number of carbonyl (C=O) groups excluding carboxylic acids is 1. The lowest BCUT2D eigenvalue weighted by Gasteiger charge is -2.13. The number of nitrogens with two attached hydrogens (primary N) is 1. The molecule has 0 fully saturated rings. The fourth-order valence-corrected chi connectivity index (χ4v) is 2.99. The van der Waals surface area contributed by atoms with Crippen LogP contribution in [-0.4, -0.2) is 15.9 Å². The summed E-state index contributed by atoms with van der Waals surface area (Å²) in [5, 5.41) is 3.12. The lowest BCUT2D eigenvalue weighted by atomic mass is 10.2. The van der Waals surface area contributed by atoms with Gasteiger partial charge in [-0.05, 0) is 46.3 Å². The quantitative estimate of drug-likeness (QED) is 0.412. The molecule has 132 valence electrons. The Morgan fingerprint density at radius 3 is 2.54 bits per heavy atom. The SMILES string of the molecule is Nc1c(NNC(=O)c2ccccc2Br)ncnc1Nc1cccc(Br)c1. The van der Waals surface area contributed by atoms with E-state index in [1.165, 1.54) is 6.33 Å². The van der Waals surface area contributed by atoms with Crippen LogP contribution in [0.4, 0.5) is 23.0 Å². The average Bonchev–Trinajstić information content (AvgIpc) is 2.62. The van der Waals surface area contributed by atoms with Gasteiger partial charge in [0.25, 0.3) is 5.91 Å². The first-order valence-corrected chi connectivity index (χ1v) is 9.07. The third-order valence-electron chi connectivity index (χ3n) is 3.38. The number of carbonyl (C=O) groups is 1. The number of hydrogen-bond acceptors (Lipinski definition) is 6. The van der Waals surface area contributed by atoms with Gasteiger partial charge in [-0.1, -0.05) is 34.1 Å². The van der Waals surface area contributed by atoms with Gasteiger partial charge in [0.1, 0.15) is 12.0 Å². The number of benzene rings is 2. The van der Waals surface area contributed by atoms with E-state index in [9.17, 15) is 4.79 Å². The fraction of sp³-hybridized carbons (Fsp3) is 0. The molecular weight excluding hydrogens is 464 g/mol. The lowest BCUT2D eigenvalue weighted by Crippen LogP contribution is -2.30. The van der Waals surface area contributed by atoms with E-state index in [0.29, 0.717) is 15.9 Å². The molecule has 1 amide bonds. The number of nitrogen functional groups attached to an aromatic ring is 1. The van der Waals surface area contributed by atoms with E-state index in [-0.39, 0.29) is 17.4 Å². The molecule has 0 saturated carbocycles. The predicted octanol–water partition coefficient (Wildman–Crippen LogP) is 4.08. The average molecular weight is 478 g/mol. The lowest BCUT2D eigenvalue weighted by molar-refractivity contribution is 0.0962. The van der Waals surface area contributed by atoms with Crippen molar-refractivity contribution in [2.24, 2.45) is 0 Å². The van der Waals surface area contributed by atoms with E-state index in [4.69, 9.17) is 5.73 Å². The molecule has 7 nitrogen and oxygen atoms in total. The highest BCUT2D eigenvalue weighted by molar-refractivity contribution is 9.10. The second-order valence-corrected chi connectivity index (χ2v) is 6.95. The van der Waals surface area contributed by atoms with Crippen LogP contribution in [0.2, 0.25) is 0 Å². The monoisotopic (exact) mass is 476 g/mol. The number of hydrazine groups is 1. The first kappa shape index (κ1) is 18.2. The van der Waals surface area contributed by atoms with Crippen LogP contribution >= 0.6 is 31.9 Å². The minimum absolute atomic E-state index is 0.278. The molecule has 1 aromatic heterocycles. The van der Waals surface area contributed by atoms with E-state index in [1.54, 1.807) is 18.2 Å². The van der Waals surface area contributed by atoms with Crippen molar-refractivity contribution < 1.29 is 4.79 Å². The summed E-state index contributed by atoms with van der Waals surface area (Å²) in [6.45, 7) is 0. The number of anilines is 4. The molecule has 1 heterocycles. The summed E-state index contributed by atoms with van der Waals surface area (Å²) in [5.41, 5.74) is 13.0. The van der Waals surface area contributed by atoms with Crippen molar-refractivity contribution in [3.8, 4) is 0 Å². The summed E-state index contributed by atoms with van der Waals surface area (Å²) in [5.74, 6) is 0.394. The third-order valence-corrected chi connectivity index (χ3v) is 4.57. The Kier molecular flexibility index (Phi) is 5.69. The highest BCUT2D eigenvalue weighted by atomic mass is 79.9. The van der Waals surface area contributed by atoms with E-state index in [0.717, 1.165) is 10.2 Å². The zero-order valence-corrected chi connectivity index (χ0v) is 16.5. The Bertz CT molecular complexity index is 950. The Morgan fingerprint density at radius 1 is 1.00 bits per heavy atom. The van der Waals surface area contributed by atoms with Gasteiger partial charge in [0, 0.05) is 14.6 Å². The maximum absolute atomic E-state index is 12.3. The summed E-state index contributed by atoms with van der Waals surface area (Å²) in [6, 6.07) is 14.7. The van der Waals surface area contributed by atoms with Crippen molar-refractivity contribution in [2.75, 3.05) is 16.5 Å². The van der Waals surface area contributed by atoms with Crippen molar-refractivity contribution in [3.05, 3.63) is 69.4 Å². The van der Waals surface area contributed by atoms with Gasteiger partial charge in [0.05, 0.1) is 5.56 Å². The third kappa shape index (κ3) is 4.30. The van der Waals surface area contributed by atoms with Crippen molar-refractivity contribution >= 4 is 60.8 Å². The standard InChI is InChI=1S/C17H14Br2N6O/c18-10-4-3-5-11(8-10)23-15-14(20)16(22-9-21-15)24-25-17(26)12-6-1-2-7-13(12)19/h1-9H,20H2,(H,25,26)(H2,21,22,23,24). The van der Waals surface area contributed by atoms with Crippen LogP contribution in [0.15, 0.2) is 63.8 Å². The van der Waals surface area contributed by atoms with E-state index >= 15 is 0 Å². The fourth-order valence-electron chi connectivity index (χ4n) is 2.13. The number of aromatic nitrogens is 2. The van der Waals surface area contributed by atoms with Crippen molar-refractivity contribution in [3.63, 3.8) is 0 Å². The molecule has 3 rings (SSSR count). The molecule has 0 radical (unpaired) electrons. The van der Waals surface area contributed by atoms with Gasteiger partial charge in [-0.2, -0.15) is 0 Å². The van der Waals surface area contributed by atoms with Crippen molar-refractivity contribution in [2.45, 2.75) is 0 Å². The number of hydrogen-bond donors (Lipinski definition) is 4. The van der Waals surface area contributed by atoms with Gasteiger partial charge in [-0.25, -0.2) is 9.97 Å². The molecule has 0 atom stereocenters. The molecule has 0 aliphatic heterocycles. The number of nitrogens with zero attached hydrogens (tertiary/aromatic N) is 2. The van der Waals surface area contributed by atoms with Crippen molar-refractivity contribution in [1.29, 1.82) is 0 Å².